The van der Waals surface area contributed by atoms with E-state index in [2.05, 4.69) is 6.07 Å². The standard InChI is InChI=1S/C9H7FN/c1-11-6-5-7-3-2-4-8(10)9(7)11/h2-3,5-6H,1H3. The molecular weight excluding hydrogens is 141 g/mol. The second-order valence-corrected chi connectivity index (χ2v) is 2.52. The number of hydrogen-bond donors (Lipinski definition) is 0. The lowest BCUT2D eigenvalue weighted by atomic mass is 10.2. The molecule has 0 amide bonds. The maximum absolute atomic E-state index is 13.0. The molecule has 0 bridgehead atoms. The van der Waals surface area contributed by atoms with E-state index < -0.39 is 0 Å². The Bertz CT molecular complexity index is 389. The van der Waals surface area contributed by atoms with Crippen LogP contribution < -0.4 is 0 Å². The van der Waals surface area contributed by atoms with E-state index in [-0.39, 0.29) is 5.82 Å². The van der Waals surface area contributed by atoms with Crippen molar-refractivity contribution in [2.45, 2.75) is 0 Å². The molecule has 2 aromatic rings. The molecule has 0 atom stereocenters. The molecule has 1 radical (unpaired) electrons. The molecule has 1 heterocycles. The van der Waals surface area contributed by atoms with E-state index in [0.717, 1.165) is 5.39 Å². The van der Waals surface area contributed by atoms with Crippen molar-refractivity contribution >= 4 is 10.9 Å². The van der Waals surface area contributed by atoms with Crippen molar-refractivity contribution in [3.05, 3.63) is 36.3 Å². The molecule has 2 heteroatoms. The third kappa shape index (κ3) is 0.827. The fourth-order valence-electron chi connectivity index (χ4n) is 1.24. The van der Waals surface area contributed by atoms with Gasteiger partial charge in [-0.1, -0.05) is 12.1 Å². The molecule has 0 unspecified atom stereocenters. The van der Waals surface area contributed by atoms with E-state index in [0.29, 0.717) is 5.52 Å². The van der Waals surface area contributed by atoms with Gasteiger partial charge in [0.2, 0.25) is 0 Å². The number of nitrogens with zero attached hydrogens (tertiary/aromatic N) is 1. The average Bonchev–Trinajstić information content (AvgIpc) is 2.34. The van der Waals surface area contributed by atoms with E-state index in [1.807, 2.05) is 25.4 Å². The molecule has 0 aliphatic heterocycles. The van der Waals surface area contributed by atoms with Crippen LogP contribution in [0, 0.1) is 11.9 Å². The van der Waals surface area contributed by atoms with Gasteiger partial charge in [0.15, 0.2) is 5.82 Å². The summed E-state index contributed by atoms with van der Waals surface area (Å²) in [5.74, 6) is -0.282. The Morgan fingerprint density at radius 3 is 3.00 bits per heavy atom. The summed E-state index contributed by atoms with van der Waals surface area (Å²) in [5, 5.41) is 0.920. The summed E-state index contributed by atoms with van der Waals surface area (Å²) in [5.41, 5.74) is 0.618. The molecule has 0 aliphatic rings. The van der Waals surface area contributed by atoms with Crippen LogP contribution in [0.4, 0.5) is 4.39 Å². The Morgan fingerprint density at radius 1 is 1.45 bits per heavy atom. The Balaban J connectivity index is 2.96. The van der Waals surface area contributed by atoms with Crippen molar-refractivity contribution in [1.29, 1.82) is 0 Å². The second kappa shape index (κ2) is 2.09. The number of halogens is 1. The summed E-state index contributed by atoms with van der Waals surface area (Å²) in [4.78, 5) is 0. The van der Waals surface area contributed by atoms with Gasteiger partial charge >= 0.3 is 0 Å². The van der Waals surface area contributed by atoms with Crippen molar-refractivity contribution in [3.8, 4) is 0 Å². The largest absolute Gasteiger partial charge is 0.348 e. The summed E-state index contributed by atoms with van der Waals surface area (Å²) in [6.07, 6.45) is 1.83. The highest BCUT2D eigenvalue weighted by molar-refractivity contribution is 5.80. The van der Waals surface area contributed by atoms with Crippen LogP contribution in [-0.4, -0.2) is 4.57 Å². The Hall–Kier alpha value is -1.31. The van der Waals surface area contributed by atoms with E-state index in [9.17, 15) is 4.39 Å². The lowest BCUT2D eigenvalue weighted by molar-refractivity contribution is 0.630. The van der Waals surface area contributed by atoms with Crippen LogP contribution in [-0.2, 0) is 7.05 Å². The molecule has 0 fully saturated rings. The van der Waals surface area contributed by atoms with Gasteiger partial charge in [-0.05, 0) is 6.07 Å². The minimum Gasteiger partial charge on any atom is -0.348 e. The van der Waals surface area contributed by atoms with Crippen LogP contribution in [0.1, 0.15) is 0 Å². The fourth-order valence-corrected chi connectivity index (χ4v) is 1.24. The number of aromatic nitrogens is 1. The lowest BCUT2D eigenvalue weighted by Crippen LogP contribution is -1.87. The molecule has 1 aromatic heterocycles. The minimum absolute atomic E-state index is 0.282. The molecule has 0 N–H and O–H groups in total. The van der Waals surface area contributed by atoms with Crippen molar-refractivity contribution < 1.29 is 4.39 Å². The van der Waals surface area contributed by atoms with Crippen LogP contribution >= 0.6 is 0 Å². The number of rotatable bonds is 0. The molecule has 1 aromatic carbocycles. The zero-order valence-electron chi connectivity index (χ0n) is 6.13. The molecular formula is C9H7FN. The highest BCUT2D eigenvalue weighted by atomic mass is 19.1. The highest BCUT2D eigenvalue weighted by Crippen LogP contribution is 2.16. The zero-order valence-corrected chi connectivity index (χ0v) is 6.13. The molecule has 0 saturated carbocycles. The highest BCUT2D eigenvalue weighted by Gasteiger charge is 2.01. The number of fused-ring (bicyclic) bond motifs is 1. The first-order valence-electron chi connectivity index (χ1n) is 3.40. The topological polar surface area (TPSA) is 4.93 Å². The molecule has 0 spiro atoms. The smallest absolute Gasteiger partial charge is 0.155 e. The summed E-state index contributed by atoms with van der Waals surface area (Å²) >= 11 is 0. The van der Waals surface area contributed by atoms with Gasteiger partial charge < -0.3 is 4.57 Å². The van der Waals surface area contributed by atoms with E-state index in [4.69, 9.17) is 0 Å². The van der Waals surface area contributed by atoms with Gasteiger partial charge in [-0.15, -0.1) is 0 Å². The molecule has 2 rings (SSSR count). The van der Waals surface area contributed by atoms with E-state index in [1.54, 1.807) is 10.6 Å². The molecule has 0 saturated heterocycles. The SMILES string of the molecule is Cn1ccc2cc[c]c(F)c21. The predicted octanol–water partition coefficient (Wildman–Crippen LogP) is 2.12. The summed E-state index contributed by atoms with van der Waals surface area (Å²) in [6, 6.07) is 7.84. The van der Waals surface area contributed by atoms with Crippen molar-refractivity contribution in [2.75, 3.05) is 0 Å². The van der Waals surface area contributed by atoms with Gasteiger partial charge in [0.25, 0.3) is 0 Å². The van der Waals surface area contributed by atoms with Gasteiger partial charge in [0.05, 0.1) is 5.52 Å². The first kappa shape index (κ1) is 6.40. The number of benzene rings is 1. The number of hydrogen-bond acceptors (Lipinski definition) is 0. The monoisotopic (exact) mass is 148 g/mol. The van der Waals surface area contributed by atoms with Gasteiger partial charge in [0.1, 0.15) is 0 Å². The molecule has 0 aliphatic carbocycles. The van der Waals surface area contributed by atoms with Crippen molar-refractivity contribution in [2.24, 2.45) is 7.05 Å². The third-order valence-corrected chi connectivity index (χ3v) is 1.78. The Morgan fingerprint density at radius 2 is 2.27 bits per heavy atom. The summed E-state index contributed by atoms with van der Waals surface area (Å²) < 4.78 is 14.8. The summed E-state index contributed by atoms with van der Waals surface area (Å²) in [6.45, 7) is 0. The van der Waals surface area contributed by atoms with Gasteiger partial charge in [-0.2, -0.15) is 0 Å². The lowest BCUT2D eigenvalue weighted by Gasteiger charge is -1.95. The van der Waals surface area contributed by atoms with E-state index >= 15 is 0 Å². The Kier molecular flexibility index (Phi) is 1.22. The van der Waals surface area contributed by atoms with Crippen LogP contribution in [0.15, 0.2) is 24.4 Å². The minimum atomic E-state index is -0.282. The molecule has 1 nitrogen and oxygen atoms in total. The normalized spacial score (nSPS) is 10.7. The maximum atomic E-state index is 13.0. The quantitative estimate of drug-likeness (QED) is 0.539. The third-order valence-electron chi connectivity index (χ3n) is 1.78. The maximum Gasteiger partial charge on any atom is 0.155 e. The molecule has 11 heavy (non-hydrogen) atoms. The second-order valence-electron chi connectivity index (χ2n) is 2.52. The van der Waals surface area contributed by atoms with Crippen LogP contribution in [0.3, 0.4) is 0 Å². The first-order valence-corrected chi connectivity index (χ1v) is 3.40. The van der Waals surface area contributed by atoms with E-state index in [1.165, 1.54) is 0 Å². The van der Waals surface area contributed by atoms with Crippen LogP contribution in [0.5, 0.6) is 0 Å². The predicted molar refractivity (Wildman–Crippen MR) is 41.7 cm³/mol. The fraction of sp³-hybridized carbons (Fsp3) is 0.111. The van der Waals surface area contributed by atoms with Gasteiger partial charge in [0, 0.05) is 24.7 Å². The zero-order chi connectivity index (χ0) is 7.84. The first-order chi connectivity index (χ1) is 5.29. The Labute approximate surface area is 64.1 Å². The van der Waals surface area contributed by atoms with Crippen LogP contribution in [0.25, 0.3) is 10.9 Å². The molecule has 55 valence electrons. The summed E-state index contributed by atoms with van der Waals surface area (Å²) in [7, 11) is 1.82. The average molecular weight is 148 g/mol. The van der Waals surface area contributed by atoms with Crippen molar-refractivity contribution in [3.63, 3.8) is 0 Å². The van der Waals surface area contributed by atoms with Crippen LogP contribution in [0.2, 0.25) is 0 Å². The number of aryl methyl sites for hydroxylation is 1. The van der Waals surface area contributed by atoms with Crippen molar-refractivity contribution in [1.82, 2.24) is 4.57 Å². The van der Waals surface area contributed by atoms with Gasteiger partial charge in [-0.25, -0.2) is 4.39 Å². The van der Waals surface area contributed by atoms with Gasteiger partial charge in [-0.3, -0.25) is 0 Å².